The first-order valence-corrected chi connectivity index (χ1v) is 10.2. The van der Waals surface area contributed by atoms with Gasteiger partial charge < -0.3 is 15.3 Å². The van der Waals surface area contributed by atoms with Crippen LogP contribution in [-0.2, 0) is 0 Å². The lowest BCUT2D eigenvalue weighted by molar-refractivity contribution is -0.384. The number of hydrogen-bond donors (Lipinski definition) is 3. The normalized spacial score (nSPS) is 13.5. The Balaban J connectivity index is 1.57. The summed E-state index contributed by atoms with van der Waals surface area (Å²) in [7, 11) is 0. The topological polar surface area (TPSA) is 142 Å². The zero-order valence-corrected chi connectivity index (χ0v) is 17.5. The highest BCUT2D eigenvalue weighted by molar-refractivity contribution is 6.30. The highest BCUT2D eigenvalue weighted by Gasteiger charge is 2.17. The molecule has 1 aliphatic heterocycles. The van der Waals surface area contributed by atoms with E-state index in [-0.39, 0.29) is 23.3 Å². The van der Waals surface area contributed by atoms with Gasteiger partial charge in [-0.2, -0.15) is 20.1 Å². The van der Waals surface area contributed by atoms with E-state index in [1.165, 1.54) is 24.4 Å². The number of benzene rings is 2. The molecule has 1 aliphatic rings. The number of anilines is 4. The lowest BCUT2D eigenvalue weighted by atomic mass is 10.2. The first-order valence-electron chi connectivity index (χ1n) is 9.78. The molecule has 0 spiro atoms. The van der Waals surface area contributed by atoms with E-state index in [4.69, 9.17) is 11.6 Å². The van der Waals surface area contributed by atoms with Crippen LogP contribution in [0.25, 0.3) is 0 Å². The summed E-state index contributed by atoms with van der Waals surface area (Å²) < 4.78 is 0. The fourth-order valence-electron chi connectivity index (χ4n) is 3.11. The smallest absolute Gasteiger partial charge is 0.269 e. The summed E-state index contributed by atoms with van der Waals surface area (Å²) in [5.41, 5.74) is 3.77. The van der Waals surface area contributed by atoms with Crippen molar-refractivity contribution >= 4 is 47.0 Å². The molecule has 164 valence electrons. The Labute approximate surface area is 187 Å². The molecular weight excluding hydrogens is 436 g/mol. The van der Waals surface area contributed by atoms with Gasteiger partial charge in [0.05, 0.1) is 11.1 Å². The number of rotatable bonds is 7. The third-order valence-corrected chi connectivity index (χ3v) is 4.94. The summed E-state index contributed by atoms with van der Waals surface area (Å²) in [6.07, 6.45) is 3.50. The predicted octanol–water partition coefficient (Wildman–Crippen LogP) is 3.93. The molecule has 0 radical (unpaired) electrons. The summed E-state index contributed by atoms with van der Waals surface area (Å²) in [5.74, 6) is 0.988. The zero-order chi connectivity index (χ0) is 22.5. The third-order valence-electron chi connectivity index (χ3n) is 4.70. The first kappa shape index (κ1) is 21.2. The second-order valence-electron chi connectivity index (χ2n) is 6.98. The molecule has 1 saturated heterocycles. The molecule has 11 nitrogen and oxygen atoms in total. The number of non-ortho nitro benzene ring substituents is 1. The van der Waals surface area contributed by atoms with Gasteiger partial charge in [0.1, 0.15) is 5.75 Å². The van der Waals surface area contributed by atoms with Crippen molar-refractivity contribution in [1.82, 2.24) is 15.0 Å². The molecule has 0 atom stereocenters. The van der Waals surface area contributed by atoms with Crippen molar-refractivity contribution in [3.8, 4) is 5.75 Å². The Morgan fingerprint density at radius 3 is 2.53 bits per heavy atom. The van der Waals surface area contributed by atoms with Gasteiger partial charge in [0.2, 0.25) is 17.8 Å². The number of nitrogens with one attached hydrogen (secondary N) is 2. The van der Waals surface area contributed by atoms with Crippen molar-refractivity contribution in [1.29, 1.82) is 0 Å². The minimum atomic E-state index is -0.462. The van der Waals surface area contributed by atoms with Crippen molar-refractivity contribution in [3.05, 3.63) is 63.2 Å². The second-order valence-corrected chi connectivity index (χ2v) is 7.42. The second kappa shape index (κ2) is 9.43. The summed E-state index contributed by atoms with van der Waals surface area (Å²) in [5, 5.41) is 28.4. The van der Waals surface area contributed by atoms with Crippen molar-refractivity contribution < 1.29 is 10.0 Å². The number of halogens is 1. The van der Waals surface area contributed by atoms with Crippen molar-refractivity contribution in [2.24, 2.45) is 5.10 Å². The number of nitro benzene ring substituents is 1. The van der Waals surface area contributed by atoms with Crippen LogP contribution in [-0.4, -0.2) is 44.3 Å². The quantitative estimate of drug-likeness (QED) is 0.275. The Hall–Kier alpha value is -3.99. The molecule has 2 aromatic carbocycles. The summed E-state index contributed by atoms with van der Waals surface area (Å²) >= 11 is 5.95. The van der Waals surface area contributed by atoms with Crippen LogP contribution < -0.4 is 15.6 Å². The van der Waals surface area contributed by atoms with Crippen LogP contribution in [0, 0.1) is 10.1 Å². The van der Waals surface area contributed by atoms with Crippen LogP contribution in [0.2, 0.25) is 5.02 Å². The lowest BCUT2D eigenvalue weighted by Crippen LogP contribution is -2.21. The summed E-state index contributed by atoms with van der Waals surface area (Å²) in [6.45, 7) is 1.67. The molecule has 3 N–H and O–H groups in total. The number of phenols is 1. The van der Waals surface area contributed by atoms with Gasteiger partial charge in [-0.1, -0.05) is 11.6 Å². The van der Waals surface area contributed by atoms with Gasteiger partial charge in [-0.05, 0) is 43.2 Å². The highest BCUT2D eigenvalue weighted by atomic mass is 35.5. The van der Waals surface area contributed by atoms with Gasteiger partial charge in [-0.15, -0.1) is 0 Å². The van der Waals surface area contributed by atoms with E-state index in [0.29, 0.717) is 22.2 Å². The molecule has 0 bridgehead atoms. The molecule has 0 amide bonds. The van der Waals surface area contributed by atoms with Crippen molar-refractivity contribution in [2.45, 2.75) is 12.8 Å². The summed E-state index contributed by atoms with van der Waals surface area (Å²) in [6, 6.07) is 10.6. The van der Waals surface area contributed by atoms with Crippen LogP contribution in [0.4, 0.5) is 29.2 Å². The zero-order valence-electron chi connectivity index (χ0n) is 16.8. The molecule has 0 aliphatic carbocycles. The van der Waals surface area contributed by atoms with E-state index >= 15 is 0 Å². The molecule has 12 heteroatoms. The fourth-order valence-corrected chi connectivity index (χ4v) is 3.29. The molecule has 0 saturated carbocycles. The van der Waals surface area contributed by atoms with E-state index in [1.54, 1.807) is 24.3 Å². The van der Waals surface area contributed by atoms with E-state index < -0.39 is 4.92 Å². The molecule has 3 aromatic rings. The third kappa shape index (κ3) is 5.19. The van der Waals surface area contributed by atoms with Crippen molar-refractivity contribution in [3.63, 3.8) is 0 Å². The van der Waals surface area contributed by atoms with Crippen LogP contribution in [0.3, 0.4) is 0 Å². The molecule has 4 rings (SSSR count). The fraction of sp³-hybridized carbons (Fsp3) is 0.200. The van der Waals surface area contributed by atoms with Gasteiger partial charge in [0.15, 0.2) is 0 Å². The maximum atomic E-state index is 10.9. The maximum absolute atomic E-state index is 10.9. The number of nitrogens with zero attached hydrogens (tertiary/aromatic N) is 6. The van der Waals surface area contributed by atoms with Gasteiger partial charge >= 0.3 is 0 Å². The Kier molecular flexibility index (Phi) is 6.26. The maximum Gasteiger partial charge on any atom is 0.269 e. The average Bonchev–Trinajstić information content (AvgIpc) is 3.31. The van der Waals surface area contributed by atoms with Gasteiger partial charge in [0.25, 0.3) is 5.69 Å². The number of hydrazone groups is 1. The number of phenolic OH excluding ortho intramolecular Hbond substituents is 1. The SMILES string of the molecule is O=[N+]([O-])c1ccc(Nc2nc(N/N=C\c3cc(Cl)ccc3O)nc(N3CCCC3)n2)cc1. The minimum absolute atomic E-state index is 0.00934. The van der Waals surface area contributed by atoms with E-state index in [0.717, 1.165) is 25.9 Å². The van der Waals surface area contributed by atoms with E-state index in [1.807, 2.05) is 4.90 Å². The van der Waals surface area contributed by atoms with Crippen LogP contribution in [0.1, 0.15) is 18.4 Å². The number of aromatic nitrogens is 3. The van der Waals surface area contributed by atoms with E-state index in [9.17, 15) is 15.2 Å². The van der Waals surface area contributed by atoms with E-state index in [2.05, 4.69) is 30.8 Å². The lowest BCUT2D eigenvalue weighted by Gasteiger charge is -2.16. The standard InChI is InChI=1S/C20H19ClN8O3/c21-14-3-8-17(30)13(11-14)12-22-27-19-24-18(25-20(26-19)28-9-1-2-10-28)23-15-4-6-16(7-5-15)29(31)32/h3-8,11-12,30H,1-2,9-10H2,(H2,23,24,25,26,27)/b22-12-. The van der Waals surface area contributed by atoms with Crippen LogP contribution >= 0.6 is 11.6 Å². The Bertz CT molecular complexity index is 1150. The van der Waals surface area contributed by atoms with Crippen LogP contribution in [0.5, 0.6) is 5.75 Å². The minimum Gasteiger partial charge on any atom is -0.507 e. The molecule has 0 unspecified atom stereocenters. The molecule has 2 heterocycles. The largest absolute Gasteiger partial charge is 0.507 e. The average molecular weight is 455 g/mol. The first-order chi connectivity index (χ1) is 15.5. The predicted molar refractivity (Wildman–Crippen MR) is 122 cm³/mol. The summed E-state index contributed by atoms with van der Waals surface area (Å²) in [4.78, 5) is 25.6. The van der Waals surface area contributed by atoms with Crippen LogP contribution in [0.15, 0.2) is 47.6 Å². The number of hydrogen-bond acceptors (Lipinski definition) is 10. The van der Waals surface area contributed by atoms with Gasteiger partial charge in [-0.3, -0.25) is 10.1 Å². The monoisotopic (exact) mass is 454 g/mol. The van der Waals surface area contributed by atoms with Gasteiger partial charge in [0, 0.05) is 41.5 Å². The molecule has 1 fully saturated rings. The Morgan fingerprint density at radius 2 is 1.81 bits per heavy atom. The molecular formula is C20H19ClN8O3. The molecule has 1 aromatic heterocycles. The number of nitro groups is 1. The number of aromatic hydroxyl groups is 1. The molecule has 32 heavy (non-hydrogen) atoms. The highest BCUT2D eigenvalue weighted by Crippen LogP contribution is 2.23. The van der Waals surface area contributed by atoms with Gasteiger partial charge in [-0.25, -0.2) is 5.43 Å². The Morgan fingerprint density at radius 1 is 1.09 bits per heavy atom. The van der Waals surface area contributed by atoms with Crippen molar-refractivity contribution in [2.75, 3.05) is 28.7 Å².